The number of piperidine rings is 1. The van der Waals surface area contributed by atoms with Gasteiger partial charge in [0, 0.05) is 19.3 Å². The Labute approximate surface area is 157 Å². The number of ether oxygens (including phenoxy) is 1. The second kappa shape index (κ2) is 7.66. The first kappa shape index (κ1) is 19.3. The molecule has 1 unspecified atom stereocenters. The van der Waals surface area contributed by atoms with Crippen molar-refractivity contribution in [1.29, 1.82) is 0 Å². The molecule has 3 heteroatoms. The largest absolute Gasteiger partial charge is 0.366 e. The van der Waals surface area contributed by atoms with Crippen LogP contribution in [0, 0.1) is 5.92 Å². The zero-order chi connectivity index (χ0) is 18.7. The minimum Gasteiger partial charge on any atom is -0.366 e. The minimum atomic E-state index is -1.10. The molecular formula is C23H33FNO+. The highest BCUT2D eigenvalue weighted by molar-refractivity contribution is 5.32. The summed E-state index contributed by atoms with van der Waals surface area (Å²) in [5, 5.41) is 0. The highest BCUT2D eigenvalue weighted by Gasteiger charge is 2.37. The Kier molecular flexibility index (Phi) is 5.69. The lowest BCUT2D eigenvalue weighted by Crippen LogP contribution is -2.55. The van der Waals surface area contributed by atoms with Gasteiger partial charge in [0.05, 0.1) is 26.7 Å². The van der Waals surface area contributed by atoms with E-state index in [0.29, 0.717) is 12.5 Å². The third kappa shape index (κ3) is 4.83. The van der Waals surface area contributed by atoms with Gasteiger partial charge in [-0.05, 0) is 31.4 Å². The van der Waals surface area contributed by atoms with E-state index >= 15 is 0 Å². The van der Waals surface area contributed by atoms with Gasteiger partial charge in [-0.15, -0.1) is 0 Å². The molecule has 1 aromatic carbocycles. The Bertz CT molecular complexity index is 638. The highest BCUT2D eigenvalue weighted by atomic mass is 19.1. The third-order valence-corrected chi connectivity index (χ3v) is 5.78. The van der Waals surface area contributed by atoms with Crippen LogP contribution in [0.15, 0.2) is 54.6 Å². The number of benzene rings is 1. The van der Waals surface area contributed by atoms with Gasteiger partial charge in [-0.1, -0.05) is 48.6 Å². The summed E-state index contributed by atoms with van der Waals surface area (Å²) >= 11 is 0. The van der Waals surface area contributed by atoms with Gasteiger partial charge in [0.15, 0.2) is 5.67 Å². The Morgan fingerprint density at radius 1 is 1.15 bits per heavy atom. The molecule has 1 saturated heterocycles. The third-order valence-electron chi connectivity index (χ3n) is 5.78. The summed E-state index contributed by atoms with van der Waals surface area (Å²) in [6.07, 6.45) is 11.7. The van der Waals surface area contributed by atoms with Crippen LogP contribution in [-0.2, 0) is 10.3 Å². The summed E-state index contributed by atoms with van der Waals surface area (Å²) in [5.74, 6) is 0.559. The molecule has 1 fully saturated rings. The van der Waals surface area contributed by atoms with Gasteiger partial charge in [0.25, 0.3) is 0 Å². The molecule has 0 bridgehead atoms. The Morgan fingerprint density at radius 2 is 1.85 bits per heavy atom. The Hall–Kier alpha value is -1.45. The first-order valence-corrected chi connectivity index (χ1v) is 9.87. The normalized spacial score (nSPS) is 31.9. The first-order chi connectivity index (χ1) is 12.3. The van der Waals surface area contributed by atoms with Crippen molar-refractivity contribution in [2.75, 3.05) is 33.3 Å². The number of allylic oxidation sites excluding steroid dienone is 2. The maximum absolute atomic E-state index is 14.1. The van der Waals surface area contributed by atoms with E-state index in [1.807, 2.05) is 6.07 Å². The maximum Gasteiger partial charge on any atom is 0.153 e. The fourth-order valence-electron chi connectivity index (χ4n) is 4.47. The predicted octanol–water partition coefficient (Wildman–Crippen LogP) is 5.02. The van der Waals surface area contributed by atoms with Crippen LogP contribution in [0.25, 0.3) is 0 Å². The quantitative estimate of drug-likeness (QED) is 0.649. The van der Waals surface area contributed by atoms with E-state index in [4.69, 9.17) is 4.74 Å². The maximum atomic E-state index is 14.1. The summed E-state index contributed by atoms with van der Waals surface area (Å²) in [7, 11) is 2.19. The van der Waals surface area contributed by atoms with Crippen molar-refractivity contribution in [3.8, 4) is 0 Å². The Balaban J connectivity index is 1.60. The molecule has 1 heterocycles. The molecule has 2 aliphatic rings. The van der Waals surface area contributed by atoms with Crippen molar-refractivity contribution < 1.29 is 13.6 Å². The van der Waals surface area contributed by atoms with Crippen LogP contribution in [0.4, 0.5) is 4.39 Å². The van der Waals surface area contributed by atoms with E-state index in [1.165, 1.54) is 5.56 Å². The summed E-state index contributed by atoms with van der Waals surface area (Å²) < 4.78 is 21.5. The van der Waals surface area contributed by atoms with Gasteiger partial charge in [0.1, 0.15) is 12.1 Å². The van der Waals surface area contributed by atoms with E-state index in [2.05, 4.69) is 55.6 Å². The molecule has 142 valence electrons. The lowest BCUT2D eigenvalue weighted by Gasteiger charge is -2.43. The minimum absolute atomic E-state index is 0.341. The van der Waals surface area contributed by atoms with E-state index in [0.717, 1.165) is 43.4 Å². The molecular weight excluding hydrogens is 325 g/mol. The fraction of sp³-hybridized carbons (Fsp3) is 0.565. The molecule has 1 aliphatic carbocycles. The molecule has 0 spiro atoms. The number of likely N-dealkylation sites (tertiary alicyclic amines) is 1. The molecule has 0 N–H and O–H groups in total. The summed E-state index contributed by atoms with van der Waals surface area (Å²) in [4.78, 5) is 0. The number of rotatable bonds is 6. The van der Waals surface area contributed by atoms with E-state index in [1.54, 1.807) is 13.8 Å². The summed E-state index contributed by atoms with van der Waals surface area (Å²) in [6, 6.07) is 10.5. The standard InChI is InChI=1S/C23H33FNO/c1-22(2,24)19-25(3)16-12-20(13-17-25)18-26-23(14-8-5-9-15-23)21-10-6-4-7-11-21/h4-11,14,20H,12-13,15-19H2,1-3H3/q+1. The second-order valence-electron chi connectivity index (χ2n) is 8.94. The molecule has 3 rings (SSSR count). The molecule has 0 radical (unpaired) electrons. The van der Waals surface area contributed by atoms with Crippen LogP contribution in [-0.4, -0.2) is 43.4 Å². The number of hydrogen-bond donors (Lipinski definition) is 0. The van der Waals surface area contributed by atoms with E-state index in [9.17, 15) is 4.39 Å². The van der Waals surface area contributed by atoms with Crippen molar-refractivity contribution in [1.82, 2.24) is 0 Å². The van der Waals surface area contributed by atoms with Crippen LogP contribution in [0.5, 0.6) is 0 Å². The average molecular weight is 359 g/mol. The van der Waals surface area contributed by atoms with Crippen LogP contribution in [0.3, 0.4) is 0 Å². The van der Waals surface area contributed by atoms with Gasteiger partial charge in [-0.3, -0.25) is 0 Å². The molecule has 1 aromatic rings. The lowest BCUT2D eigenvalue weighted by atomic mass is 9.86. The van der Waals surface area contributed by atoms with E-state index < -0.39 is 5.67 Å². The van der Waals surface area contributed by atoms with Crippen molar-refractivity contribution in [3.63, 3.8) is 0 Å². The predicted molar refractivity (Wildman–Crippen MR) is 106 cm³/mol. The number of alkyl halides is 1. The van der Waals surface area contributed by atoms with Gasteiger partial charge in [-0.2, -0.15) is 0 Å². The summed E-state index contributed by atoms with van der Waals surface area (Å²) in [5.41, 5.74) is -0.225. The van der Waals surface area contributed by atoms with Crippen molar-refractivity contribution in [2.24, 2.45) is 5.92 Å². The zero-order valence-electron chi connectivity index (χ0n) is 16.5. The topological polar surface area (TPSA) is 9.23 Å². The van der Waals surface area contributed by atoms with Gasteiger partial charge in [-0.25, -0.2) is 4.39 Å². The van der Waals surface area contributed by atoms with Crippen LogP contribution in [0.1, 0.15) is 38.7 Å². The first-order valence-electron chi connectivity index (χ1n) is 9.87. The lowest BCUT2D eigenvalue weighted by molar-refractivity contribution is -0.919. The monoisotopic (exact) mass is 358 g/mol. The molecule has 2 nitrogen and oxygen atoms in total. The van der Waals surface area contributed by atoms with Crippen LogP contribution >= 0.6 is 0 Å². The molecule has 0 saturated carbocycles. The number of nitrogens with zero attached hydrogens (tertiary/aromatic N) is 1. The zero-order valence-corrected chi connectivity index (χ0v) is 16.5. The Morgan fingerprint density at radius 3 is 2.42 bits per heavy atom. The van der Waals surface area contributed by atoms with E-state index in [-0.39, 0.29) is 5.60 Å². The highest BCUT2D eigenvalue weighted by Crippen LogP contribution is 2.36. The molecule has 1 aliphatic heterocycles. The molecule has 0 aromatic heterocycles. The van der Waals surface area contributed by atoms with Gasteiger partial charge >= 0.3 is 0 Å². The second-order valence-corrected chi connectivity index (χ2v) is 8.94. The smallest absolute Gasteiger partial charge is 0.153 e. The van der Waals surface area contributed by atoms with Crippen LogP contribution in [0.2, 0.25) is 0 Å². The molecule has 1 atom stereocenters. The number of halogens is 1. The van der Waals surface area contributed by atoms with Crippen molar-refractivity contribution >= 4 is 0 Å². The van der Waals surface area contributed by atoms with Crippen molar-refractivity contribution in [2.45, 2.75) is 44.4 Å². The SMILES string of the molecule is CC(C)(F)C[N+]1(C)CCC(COC2(c3ccccc3)C=CC=CC2)CC1. The fourth-order valence-corrected chi connectivity index (χ4v) is 4.47. The molecule has 26 heavy (non-hydrogen) atoms. The summed E-state index contributed by atoms with van der Waals surface area (Å²) in [6.45, 7) is 6.83. The number of hydrogen-bond acceptors (Lipinski definition) is 1. The van der Waals surface area contributed by atoms with Crippen LogP contribution < -0.4 is 0 Å². The van der Waals surface area contributed by atoms with Gasteiger partial charge in [0.2, 0.25) is 0 Å². The molecule has 0 amide bonds. The van der Waals surface area contributed by atoms with Gasteiger partial charge < -0.3 is 9.22 Å². The average Bonchev–Trinajstić information content (AvgIpc) is 2.61. The van der Waals surface area contributed by atoms with Crippen molar-refractivity contribution in [3.05, 3.63) is 60.2 Å². The number of quaternary nitrogens is 1.